The lowest BCUT2D eigenvalue weighted by Crippen LogP contribution is -2.26. The predicted octanol–water partition coefficient (Wildman–Crippen LogP) is 5.83. The molecule has 5 nitrogen and oxygen atoms in total. The Labute approximate surface area is 211 Å². The Kier molecular flexibility index (Phi) is 6.12. The van der Waals surface area contributed by atoms with Gasteiger partial charge in [-0.25, -0.2) is 9.37 Å². The number of halogens is 1. The van der Waals surface area contributed by atoms with E-state index in [0.717, 1.165) is 66.8 Å². The Morgan fingerprint density at radius 3 is 2.86 bits per heavy atom. The first-order chi connectivity index (χ1) is 17.5. The number of benzene rings is 2. The van der Waals surface area contributed by atoms with Crippen LogP contribution < -0.4 is 9.47 Å². The van der Waals surface area contributed by atoms with Gasteiger partial charge in [0.1, 0.15) is 18.2 Å². The molecule has 2 aliphatic carbocycles. The van der Waals surface area contributed by atoms with Crippen LogP contribution in [0.3, 0.4) is 0 Å². The van der Waals surface area contributed by atoms with Crippen molar-refractivity contribution in [1.29, 1.82) is 0 Å². The number of carbonyl (C=O) groups is 1. The summed E-state index contributed by atoms with van der Waals surface area (Å²) < 4.78 is 26.4. The van der Waals surface area contributed by atoms with Gasteiger partial charge in [-0.3, -0.25) is 4.79 Å². The van der Waals surface area contributed by atoms with Crippen molar-refractivity contribution in [3.05, 3.63) is 76.7 Å². The van der Waals surface area contributed by atoms with Crippen molar-refractivity contribution >= 4 is 5.91 Å². The molecular formula is C30H31FN2O3. The molecule has 186 valence electrons. The van der Waals surface area contributed by atoms with Gasteiger partial charge in [0.05, 0.1) is 6.61 Å². The zero-order valence-corrected chi connectivity index (χ0v) is 20.6. The van der Waals surface area contributed by atoms with E-state index in [-0.39, 0.29) is 18.3 Å². The van der Waals surface area contributed by atoms with Gasteiger partial charge in [0.2, 0.25) is 11.8 Å². The third-order valence-electron chi connectivity index (χ3n) is 7.72. The Morgan fingerprint density at radius 2 is 2.03 bits per heavy atom. The number of pyridine rings is 1. The molecule has 2 aromatic carbocycles. The number of rotatable bonds is 9. The lowest BCUT2D eigenvalue weighted by molar-refractivity contribution is -0.127. The molecule has 0 radical (unpaired) electrons. The van der Waals surface area contributed by atoms with Crippen molar-refractivity contribution < 1.29 is 18.7 Å². The maximum absolute atomic E-state index is 14.6. The number of aromatic nitrogens is 1. The second kappa shape index (κ2) is 9.57. The minimum Gasteiger partial charge on any atom is -0.489 e. The largest absolute Gasteiger partial charge is 0.489 e. The summed E-state index contributed by atoms with van der Waals surface area (Å²) in [6.45, 7) is 4.20. The maximum atomic E-state index is 14.6. The van der Waals surface area contributed by atoms with Crippen molar-refractivity contribution in [1.82, 2.24) is 9.88 Å². The molecule has 1 saturated carbocycles. The quantitative estimate of drug-likeness (QED) is 0.357. The molecule has 2 atom stereocenters. The topological polar surface area (TPSA) is 51.7 Å². The molecule has 0 N–H and O–H groups in total. The van der Waals surface area contributed by atoms with E-state index in [2.05, 4.69) is 17.1 Å². The lowest BCUT2D eigenvalue weighted by atomic mass is 10.0. The van der Waals surface area contributed by atoms with Gasteiger partial charge in [0.15, 0.2) is 0 Å². The van der Waals surface area contributed by atoms with E-state index < -0.39 is 0 Å². The van der Waals surface area contributed by atoms with Crippen molar-refractivity contribution in [3.63, 3.8) is 0 Å². The van der Waals surface area contributed by atoms with Gasteiger partial charge >= 0.3 is 0 Å². The van der Waals surface area contributed by atoms with Gasteiger partial charge in [-0.2, -0.15) is 0 Å². The van der Waals surface area contributed by atoms with Gasteiger partial charge in [0, 0.05) is 42.4 Å². The number of likely N-dealkylation sites (tertiary alicyclic amines) is 1. The highest BCUT2D eigenvalue weighted by atomic mass is 19.1. The average molecular weight is 487 g/mol. The number of aryl methyl sites for hydroxylation is 1. The van der Waals surface area contributed by atoms with Crippen LogP contribution in [0.15, 0.2) is 48.5 Å². The molecule has 2 heterocycles. The molecule has 0 spiro atoms. The molecular weight excluding hydrogens is 455 g/mol. The Bertz CT molecular complexity index is 1310. The van der Waals surface area contributed by atoms with E-state index in [1.54, 1.807) is 6.07 Å². The first kappa shape index (κ1) is 23.0. The molecule has 6 heteroatoms. The maximum Gasteiger partial charge on any atom is 0.222 e. The van der Waals surface area contributed by atoms with Gasteiger partial charge in [-0.05, 0) is 91.5 Å². The number of hydrogen-bond donors (Lipinski definition) is 0. The molecule has 6 rings (SSSR count). The van der Waals surface area contributed by atoms with E-state index >= 15 is 0 Å². The molecule has 1 amide bonds. The average Bonchev–Trinajstić information content (AvgIpc) is 3.37. The van der Waals surface area contributed by atoms with Crippen LogP contribution in [0.4, 0.5) is 4.39 Å². The summed E-state index contributed by atoms with van der Waals surface area (Å²) in [6, 6.07) is 15.2. The molecule has 1 aliphatic heterocycles. The monoisotopic (exact) mass is 486 g/mol. The zero-order chi connectivity index (χ0) is 24.6. The number of ether oxygens (including phenoxy) is 2. The zero-order valence-electron chi connectivity index (χ0n) is 20.6. The highest BCUT2D eigenvalue weighted by Gasteiger charge is 2.44. The minimum absolute atomic E-state index is 0.179. The van der Waals surface area contributed by atoms with Crippen molar-refractivity contribution in [2.75, 3.05) is 19.7 Å². The van der Waals surface area contributed by atoms with Crippen LogP contribution in [0.1, 0.15) is 54.0 Å². The summed E-state index contributed by atoms with van der Waals surface area (Å²) in [6.07, 6.45) is 4.86. The molecule has 2 fully saturated rings. The van der Waals surface area contributed by atoms with Crippen molar-refractivity contribution in [3.8, 4) is 22.8 Å². The minimum atomic E-state index is -0.275. The third-order valence-corrected chi connectivity index (χ3v) is 7.72. The molecule has 2 unspecified atom stereocenters. The van der Waals surface area contributed by atoms with Crippen LogP contribution >= 0.6 is 0 Å². The van der Waals surface area contributed by atoms with Gasteiger partial charge < -0.3 is 14.4 Å². The van der Waals surface area contributed by atoms with E-state index in [0.29, 0.717) is 24.5 Å². The molecule has 1 saturated heterocycles. The lowest BCUT2D eigenvalue weighted by Gasteiger charge is -2.15. The first-order valence-corrected chi connectivity index (χ1v) is 13.0. The predicted molar refractivity (Wildman–Crippen MR) is 136 cm³/mol. The van der Waals surface area contributed by atoms with E-state index in [9.17, 15) is 9.18 Å². The summed E-state index contributed by atoms with van der Waals surface area (Å²) in [5.74, 6) is 2.91. The summed E-state index contributed by atoms with van der Waals surface area (Å²) in [5.41, 5.74) is 6.02. The van der Waals surface area contributed by atoms with E-state index in [4.69, 9.17) is 9.47 Å². The van der Waals surface area contributed by atoms with E-state index in [1.807, 2.05) is 36.1 Å². The highest BCUT2D eigenvalue weighted by molar-refractivity contribution is 5.78. The highest BCUT2D eigenvalue weighted by Crippen LogP contribution is 2.56. The summed E-state index contributed by atoms with van der Waals surface area (Å²) in [5, 5.41) is 0. The number of nitrogens with zero attached hydrogens (tertiary/aromatic N) is 2. The molecule has 1 aromatic heterocycles. The van der Waals surface area contributed by atoms with Crippen LogP contribution in [0, 0.1) is 18.7 Å². The summed E-state index contributed by atoms with van der Waals surface area (Å²) >= 11 is 0. The number of amides is 1. The summed E-state index contributed by atoms with van der Waals surface area (Å²) in [7, 11) is 0. The smallest absolute Gasteiger partial charge is 0.222 e. The van der Waals surface area contributed by atoms with Crippen LogP contribution in [0.2, 0.25) is 0 Å². The molecule has 0 bridgehead atoms. The fraction of sp³-hybridized carbons (Fsp3) is 0.400. The third kappa shape index (κ3) is 4.69. The number of hydrogen-bond acceptors (Lipinski definition) is 4. The number of carbonyl (C=O) groups excluding carboxylic acids is 1. The van der Waals surface area contributed by atoms with Gasteiger partial charge in [-0.15, -0.1) is 0 Å². The first-order valence-electron chi connectivity index (χ1n) is 13.0. The van der Waals surface area contributed by atoms with Crippen LogP contribution in [0.5, 0.6) is 11.6 Å². The Hall–Kier alpha value is -3.41. The second-order valence-electron chi connectivity index (χ2n) is 10.2. The standard InChI is InChI=1S/C30H31FN2O3/c1-19-25(8-10-29(32-19)35-13-3-12-33-11-2-4-30(33)34)20-5-9-28(31)23(14-20)18-36-24-6-7-26-21(16-24)15-22-17-27(22)26/h5-10,14,16,22,27H,2-4,11-13,15,17-18H2,1H3. The van der Waals surface area contributed by atoms with E-state index in [1.165, 1.54) is 23.6 Å². The van der Waals surface area contributed by atoms with Crippen molar-refractivity contribution in [2.24, 2.45) is 5.92 Å². The van der Waals surface area contributed by atoms with Crippen molar-refractivity contribution in [2.45, 2.75) is 51.6 Å². The van der Waals surface area contributed by atoms with Gasteiger partial charge in [-0.1, -0.05) is 12.1 Å². The fourth-order valence-electron chi connectivity index (χ4n) is 5.66. The second-order valence-corrected chi connectivity index (χ2v) is 10.2. The SMILES string of the molecule is Cc1nc(OCCCN2CCCC2=O)ccc1-c1ccc(F)c(COc2ccc3c(c2)CC2CC32)c1. The molecule has 3 aliphatic rings. The Morgan fingerprint density at radius 1 is 1.11 bits per heavy atom. The number of fused-ring (bicyclic) bond motifs is 3. The normalized spacial score (nSPS) is 19.8. The molecule has 36 heavy (non-hydrogen) atoms. The fourth-order valence-corrected chi connectivity index (χ4v) is 5.66. The molecule has 3 aromatic rings. The van der Waals surface area contributed by atoms with Crippen LogP contribution in [-0.2, 0) is 17.8 Å². The van der Waals surface area contributed by atoms with Crippen LogP contribution in [0.25, 0.3) is 11.1 Å². The summed E-state index contributed by atoms with van der Waals surface area (Å²) in [4.78, 5) is 18.2. The van der Waals surface area contributed by atoms with Gasteiger partial charge in [0.25, 0.3) is 0 Å². The Balaban J connectivity index is 1.08. The van der Waals surface area contributed by atoms with Crippen LogP contribution in [-0.4, -0.2) is 35.5 Å².